The minimum absolute atomic E-state index is 0.0857. The zero-order chi connectivity index (χ0) is 10.4. The highest BCUT2D eigenvalue weighted by Crippen LogP contribution is 1.90. The van der Waals surface area contributed by atoms with E-state index in [2.05, 4.69) is 15.5 Å². The molecule has 0 aromatic carbocycles. The summed E-state index contributed by atoms with van der Waals surface area (Å²) < 4.78 is 0. The molecule has 0 saturated carbocycles. The second-order valence-electron chi connectivity index (χ2n) is 2.71. The van der Waals surface area contributed by atoms with Crippen molar-refractivity contribution in [3.63, 3.8) is 0 Å². The Morgan fingerprint density at radius 1 is 1.36 bits per heavy atom. The predicted molar refractivity (Wildman–Crippen MR) is 50.3 cm³/mol. The van der Waals surface area contributed by atoms with Crippen LogP contribution in [0, 0.1) is 0 Å². The molecule has 1 aromatic heterocycles. The number of anilines is 1. The van der Waals surface area contributed by atoms with E-state index in [-0.39, 0.29) is 12.4 Å². The summed E-state index contributed by atoms with van der Waals surface area (Å²) in [6, 6.07) is 0. The Labute approximate surface area is 79.2 Å². The van der Waals surface area contributed by atoms with Gasteiger partial charge in [-0.15, -0.1) is 5.10 Å². The van der Waals surface area contributed by atoms with Crippen molar-refractivity contribution in [2.45, 2.75) is 12.8 Å². The Morgan fingerprint density at radius 3 is 2.79 bits per heavy atom. The summed E-state index contributed by atoms with van der Waals surface area (Å²) in [6.07, 6.45) is 1.39. The molecule has 14 heavy (non-hydrogen) atoms. The van der Waals surface area contributed by atoms with Crippen molar-refractivity contribution < 1.29 is 5.11 Å². The lowest BCUT2D eigenvalue weighted by molar-refractivity contribution is 0.286. The first-order valence-electron chi connectivity index (χ1n) is 4.28. The minimum atomic E-state index is -0.629. The number of hydrogen-bond acceptors (Lipinski definition) is 5. The Bertz CT molecular complexity index is 383. The second kappa shape index (κ2) is 5.18. The molecular formula is C7H12N4O3. The average molecular weight is 200 g/mol. The number of aliphatic hydroxyl groups is 1. The largest absolute Gasteiger partial charge is 0.396 e. The first-order valence-corrected chi connectivity index (χ1v) is 4.28. The molecular weight excluding hydrogens is 188 g/mol. The molecule has 0 aliphatic rings. The predicted octanol–water partition coefficient (Wildman–Crippen LogP) is -1.36. The summed E-state index contributed by atoms with van der Waals surface area (Å²) in [6.45, 7) is 0.653. The fourth-order valence-corrected chi connectivity index (χ4v) is 0.911. The van der Waals surface area contributed by atoms with E-state index in [1.165, 1.54) is 0 Å². The summed E-state index contributed by atoms with van der Waals surface area (Å²) >= 11 is 0. The summed E-state index contributed by atoms with van der Waals surface area (Å²) in [7, 11) is 0. The molecule has 0 aliphatic carbocycles. The van der Waals surface area contributed by atoms with Gasteiger partial charge in [0.2, 0.25) is 5.82 Å². The molecule has 1 rings (SSSR count). The van der Waals surface area contributed by atoms with Gasteiger partial charge in [0, 0.05) is 13.2 Å². The SMILES string of the molecule is O=c1[nH]nc(NCCCCO)c(=O)[nH]1. The lowest BCUT2D eigenvalue weighted by Crippen LogP contribution is -2.27. The molecule has 0 bridgehead atoms. The van der Waals surface area contributed by atoms with Crippen LogP contribution >= 0.6 is 0 Å². The van der Waals surface area contributed by atoms with Crippen LogP contribution in [0.2, 0.25) is 0 Å². The number of hydrogen-bond donors (Lipinski definition) is 4. The molecule has 78 valence electrons. The highest BCUT2D eigenvalue weighted by atomic mass is 16.3. The highest BCUT2D eigenvalue weighted by Gasteiger charge is 1.99. The number of nitrogens with zero attached hydrogens (tertiary/aromatic N) is 1. The van der Waals surface area contributed by atoms with Crippen LogP contribution in [0.4, 0.5) is 5.82 Å². The average Bonchev–Trinajstić information content (AvgIpc) is 2.15. The molecule has 0 unspecified atom stereocenters. The summed E-state index contributed by atoms with van der Waals surface area (Å²) in [5.74, 6) is 0.0857. The third kappa shape index (κ3) is 3.02. The van der Waals surface area contributed by atoms with Gasteiger partial charge < -0.3 is 10.4 Å². The monoisotopic (exact) mass is 200 g/mol. The lowest BCUT2D eigenvalue weighted by Gasteiger charge is -2.01. The van der Waals surface area contributed by atoms with Gasteiger partial charge in [0.1, 0.15) is 0 Å². The molecule has 0 atom stereocenters. The molecule has 7 heteroatoms. The van der Waals surface area contributed by atoms with Gasteiger partial charge in [-0.05, 0) is 12.8 Å². The zero-order valence-electron chi connectivity index (χ0n) is 7.54. The van der Waals surface area contributed by atoms with E-state index < -0.39 is 11.2 Å². The van der Waals surface area contributed by atoms with Crippen LogP contribution in [-0.2, 0) is 0 Å². The number of rotatable bonds is 5. The van der Waals surface area contributed by atoms with E-state index >= 15 is 0 Å². The molecule has 0 aliphatic heterocycles. The number of aromatic nitrogens is 3. The zero-order valence-corrected chi connectivity index (χ0v) is 7.54. The van der Waals surface area contributed by atoms with E-state index in [0.29, 0.717) is 13.0 Å². The lowest BCUT2D eigenvalue weighted by atomic mass is 10.3. The van der Waals surface area contributed by atoms with Crippen molar-refractivity contribution in [2.24, 2.45) is 0 Å². The Morgan fingerprint density at radius 2 is 2.14 bits per heavy atom. The number of unbranched alkanes of at least 4 members (excludes halogenated alkanes) is 1. The topological polar surface area (TPSA) is 111 Å². The first-order chi connectivity index (χ1) is 6.74. The van der Waals surface area contributed by atoms with Crippen molar-refractivity contribution in [1.82, 2.24) is 15.2 Å². The van der Waals surface area contributed by atoms with E-state index in [1.54, 1.807) is 0 Å². The van der Waals surface area contributed by atoms with Crippen molar-refractivity contribution in [3.8, 4) is 0 Å². The molecule has 0 radical (unpaired) electrons. The molecule has 7 nitrogen and oxygen atoms in total. The number of aromatic amines is 2. The molecule has 0 fully saturated rings. The third-order valence-corrected chi connectivity index (χ3v) is 1.59. The van der Waals surface area contributed by atoms with Gasteiger partial charge in [0.25, 0.3) is 5.56 Å². The van der Waals surface area contributed by atoms with Crippen LogP contribution in [0.25, 0.3) is 0 Å². The van der Waals surface area contributed by atoms with Gasteiger partial charge in [-0.1, -0.05) is 0 Å². The Kier molecular flexibility index (Phi) is 3.86. The summed E-state index contributed by atoms with van der Waals surface area (Å²) in [4.78, 5) is 23.7. The second-order valence-corrected chi connectivity index (χ2v) is 2.71. The van der Waals surface area contributed by atoms with E-state index in [9.17, 15) is 9.59 Å². The van der Waals surface area contributed by atoms with Crippen LogP contribution in [0.3, 0.4) is 0 Å². The molecule has 1 aromatic rings. The van der Waals surface area contributed by atoms with Crippen LogP contribution < -0.4 is 16.6 Å². The summed E-state index contributed by atoms with van der Waals surface area (Å²) in [5.41, 5.74) is -1.17. The van der Waals surface area contributed by atoms with Crippen LogP contribution in [0.1, 0.15) is 12.8 Å². The Hall–Kier alpha value is -1.63. The van der Waals surface area contributed by atoms with Crippen molar-refractivity contribution in [1.29, 1.82) is 0 Å². The number of nitrogens with one attached hydrogen (secondary N) is 3. The maximum atomic E-state index is 11.1. The molecule has 4 N–H and O–H groups in total. The fraction of sp³-hybridized carbons (Fsp3) is 0.571. The smallest absolute Gasteiger partial charge is 0.342 e. The van der Waals surface area contributed by atoms with Gasteiger partial charge in [-0.25, -0.2) is 9.89 Å². The third-order valence-electron chi connectivity index (χ3n) is 1.59. The van der Waals surface area contributed by atoms with Crippen molar-refractivity contribution in [2.75, 3.05) is 18.5 Å². The van der Waals surface area contributed by atoms with Crippen molar-refractivity contribution >= 4 is 5.82 Å². The van der Waals surface area contributed by atoms with Crippen LogP contribution in [0.15, 0.2) is 9.59 Å². The number of H-pyrrole nitrogens is 2. The van der Waals surface area contributed by atoms with Gasteiger partial charge >= 0.3 is 5.69 Å². The first kappa shape index (κ1) is 10.5. The minimum Gasteiger partial charge on any atom is -0.396 e. The quantitative estimate of drug-likeness (QED) is 0.439. The van der Waals surface area contributed by atoms with Crippen molar-refractivity contribution in [3.05, 3.63) is 20.8 Å². The standard InChI is InChI=1S/C7H12N4O3/c12-4-2-1-3-8-5-6(13)9-7(14)11-10-5/h12H,1-4H2,(H,8,10)(H2,9,11,13,14). The highest BCUT2D eigenvalue weighted by molar-refractivity contribution is 5.28. The molecule has 0 amide bonds. The summed E-state index contributed by atoms with van der Waals surface area (Å²) in [5, 5.41) is 16.9. The maximum absolute atomic E-state index is 11.1. The fourth-order valence-electron chi connectivity index (χ4n) is 0.911. The van der Waals surface area contributed by atoms with Crippen LogP contribution in [0.5, 0.6) is 0 Å². The van der Waals surface area contributed by atoms with E-state index in [1.807, 2.05) is 4.98 Å². The molecule has 0 spiro atoms. The van der Waals surface area contributed by atoms with Gasteiger partial charge in [0.15, 0.2) is 0 Å². The van der Waals surface area contributed by atoms with E-state index in [0.717, 1.165) is 6.42 Å². The van der Waals surface area contributed by atoms with Gasteiger partial charge in [0.05, 0.1) is 0 Å². The number of aliphatic hydroxyl groups excluding tert-OH is 1. The van der Waals surface area contributed by atoms with Crippen LogP contribution in [-0.4, -0.2) is 33.4 Å². The molecule has 1 heterocycles. The maximum Gasteiger partial charge on any atom is 0.342 e. The molecule has 0 saturated heterocycles. The van der Waals surface area contributed by atoms with E-state index in [4.69, 9.17) is 5.11 Å². The normalized spacial score (nSPS) is 10.1. The van der Waals surface area contributed by atoms with Gasteiger partial charge in [-0.2, -0.15) is 0 Å². The Balaban J connectivity index is 2.51. The van der Waals surface area contributed by atoms with Gasteiger partial charge in [-0.3, -0.25) is 9.78 Å².